The number of aromatic nitrogens is 2. The van der Waals surface area contributed by atoms with E-state index in [0.717, 1.165) is 0 Å². The second kappa shape index (κ2) is 7.85. The van der Waals surface area contributed by atoms with Crippen LogP contribution in [-0.2, 0) is 21.0 Å². The average Bonchev–Trinajstić information content (AvgIpc) is 3.35. The molecule has 0 amide bonds. The van der Waals surface area contributed by atoms with E-state index >= 15 is 0 Å². The fourth-order valence-electron chi connectivity index (χ4n) is 3.23. The summed E-state index contributed by atoms with van der Waals surface area (Å²) in [6.45, 7) is 3.13. The molecule has 0 bridgehead atoms. The highest BCUT2D eigenvalue weighted by Gasteiger charge is 2.38. The van der Waals surface area contributed by atoms with Crippen molar-refractivity contribution in [3.8, 4) is 11.4 Å². The minimum absolute atomic E-state index is 0.196. The van der Waals surface area contributed by atoms with Gasteiger partial charge < -0.3 is 14.0 Å². The molecular formula is C20H16F3N3O6S. The van der Waals surface area contributed by atoms with Gasteiger partial charge in [-0.1, -0.05) is 19.0 Å². The minimum Gasteiger partial charge on any atom is -0.480 e. The number of fused-ring (bicyclic) bond motifs is 3. The van der Waals surface area contributed by atoms with Crippen LogP contribution in [0, 0.1) is 5.92 Å². The second-order valence-corrected chi connectivity index (χ2v) is 9.29. The number of aliphatic carboxylic acids is 1. The molecule has 33 heavy (non-hydrogen) atoms. The lowest BCUT2D eigenvalue weighted by Gasteiger charge is -2.17. The van der Waals surface area contributed by atoms with E-state index in [-0.39, 0.29) is 16.3 Å². The minimum atomic E-state index is -4.79. The van der Waals surface area contributed by atoms with Gasteiger partial charge in [0.15, 0.2) is 0 Å². The molecule has 174 valence electrons. The average molecular weight is 483 g/mol. The number of hydrogen-bond donors (Lipinski definition) is 2. The van der Waals surface area contributed by atoms with Gasteiger partial charge >= 0.3 is 18.0 Å². The quantitative estimate of drug-likeness (QED) is 0.419. The van der Waals surface area contributed by atoms with E-state index < -0.39 is 40.0 Å². The molecule has 0 spiro atoms. The van der Waals surface area contributed by atoms with Crippen molar-refractivity contribution in [1.29, 1.82) is 0 Å². The van der Waals surface area contributed by atoms with Crippen LogP contribution in [0.4, 0.5) is 13.2 Å². The Labute approximate surface area is 184 Å². The summed E-state index contributed by atoms with van der Waals surface area (Å²) in [4.78, 5) is 14.6. The van der Waals surface area contributed by atoms with Gasteiger partial charge in [-0.05, 0) is 42.3 Å². The van der Waals surface area contributed by atoms with Crippen LogP contribution in [0.25, 0.3) is 33.3 Å². The molecule has 1 atom stereocenters. The summed E-state index contributed by atoms with van der Waals surface area (Å²) in [5.74, 6) is -3.61. The van der Waals surface area contributed by atoms with Gasteiger partial charge in [0.25, 0.3) is 0 Å². The molecule has 0 aliphatic rings. The SMILES string of the molecule is CC(C)[C@@H](NS(=O)(=O)c1ccc2oc3ccc(-c4noc(C(F)(F)F)n4)cc3c2c1)C(=O)O. The molecule has 0 radical (unpaired) electrons. The molecule has 13 heteroatoms. The zero-order valence-electron chi connectivity index (χ0n) is 17.0. The van der Waals surface area contributed by atoms with Gasteiger partial charge in [0.1, 0.15) is 17.2 Å². The van der Waals surface area contributed by atoms with Crippen LogP contribution in [-0.4, -0.2) is 35.7 Å². The first-order valence-electron chi connectivity index (χ1n) is 9.49. The molecule has 2 aromatic heterocycles. The van der Waals surface area contributed by atoms with Crippen LogP contribution in [0.15, 0.2) is 50.2 Å². The Morgan fingerprint density at radius 3 is 2.30 bits per heavy atom. The van der Waals surface area contributed by atoms with Gasteiger partial charge in [-0.3, -0.25) is 4.79 Å². The van der Waals surface area contributed by atoms with Crippen molar-refractivity contribution in [2.24, 2.45) is 5.92 Å². The molecule has 0 unspecified atom stereocenters. The van der Waals surface area contributed by atoms with Gasteiger partial charge in [-0.25, -0.2) is 8.42 Å². The Balaban J connectivity index is 1.78. The third kappa shape index (κ3) is 4.28. The Morgan fingerprint density at radius 2 is 1.73 bits per heavy atom. The molecule has 0 saturated carbocycles. The molecule has 2 N–H and O–H groups in total. The van der Waals surface area contributed by atoms with Gasteiger partial charge in [0, 0.05) is 16.3 Å². The van der Waals surface area contributed by atoms with Crippen LogP contribution in [0.1, 0.15) is 19.7 Å². The van der Waals surface area contributed by atoms with Gasteiger partial charge in [0.05, 0.1) is 4.90 Å². The van der Waals surface area contributed by atoms with E-state index in [0.29, 0.717) is 21.9 Å². The monoisotopic (exact) mass is 483 g/mol. The third-order valence-corrected chi connectivity index (χ3v) is 6.33. The maximum Gasteiger partial charge on any atom is 0.471 e. The number of hydrogen-bond acceptors (Lipinski definition) is 7. The highest BCUT2D eigenvalue weighted by molar-refractivity contribution is 7.89. The summed E-state index contributed by atoms with van der Waals surface area (Å²) in [7, 11) is -4.20. The van der Waals surface area contributed by atoms with Crippen molar-refractivity contribution in [1.82, 2.24) is 14.9 Å². The highest BCUT2D eigenvalue weighted by atomic mass is 32.2. The molecule has 0 aliphatic carbocycles. The molecule has 2 heterocycles. The summed E-state index contributed by atoms with van der Waals surface area (Å²) in [6, 6.07) is 7.01. The first-order chi connectivity index (χ1) is 15.4. The van der Waals surface area contributed by atoms with E-state index in [9.17, 15) is 31.5 Å². The number of carboxylic acids is 1. The summed E-state index contributed by atoms with van der Waals surface area (Å²) in [5, 5.41) is 13.4. The summed E-state index contributed by atoms with van der Waals surface area (Å²) >= 11 is 0. The van der Waals surface area contributed by atoms with Crippen LogP contribution in [0.2, 0.25) is 0 Å². The number of furan rings is 1. The molecule has 0 fully saturated rings. The number of halogens is 3. The molecule has 4 aromatic rings. The molecule has 0 aliphatic heterocycles. The molecular weight excluding hydrogens is 467 g/mol. The van der Waals surface area contributed by atoms with Crippen molar-refractivity contribution in [3.63, 3.8) is 0 Å². The van der Waals surface area contributed by atoms with Crippen molar-refractivity contribution >= 4 is 37.9 Å². The number of benzene rings is 2. The largest absolute Gasteiger partial charge is 0.480 e. The van der Waals surface area contributed by atoms with Crippen molar-refractivity contribution < 1.29 is 40.4 Å². The van der Waals surface area contributed by atoms with Crippen molar-refractivity contribution in [2.45, 2.75) is 31.0 Å². The fourth-order valence-corrected chi connectivity index (χ4v) is 4.59. The van der Waals surface area contributed by atoms with E-state index in [2.05, 4.69) is 19.4 Å². The maximum atomic E-state index is 12.8. The normalized spacial score (nSPS) is 13.8. The van der Waals surface area contributed by atoms with Crippen LogP contribution in [0.5, 0.6) is 0 Å². The zero-order valence-corrected chi connectivity index (χ0v) is 17.9. The Morgan fingerprint density at radius 1 is 1.09 bits per heavy atom. The van der Waals surface area contributed by atoms with Gasteiger partial charge in [-0.2, -0.15) is 22.9 Å². The summed E-state index contributed by atoms with van der Waals surface area (Å²) in [5.41, 5.74) is 0.867. The fraction of sp³-hybridized carbons (Fsp3) is 0.250. The Hall–Kier alpha value is -3.45. The van der Waals surface area contributed by atoms with Crippen LogP contribution < -0.4 is 4.72 Å². The Bertz CT molecular complexity index is 1470. The predicted molar refractivity (Wildman–Crippen MR) is 109 cm³/mol. The van der Waals surface area contributed by atoms with E-state index in [4.69, 9.17) is 4.42 Å². The highest BCUT2D eigenvalue weighted by Crippen LogP contribution is 2.34. The lowest BCUT2D eigenvalue weighted by Crippen LogP contribution is -2.44. The lowest BCUT2D eigenvalue weighted by molar-refractivity contribution is -0.159. The number of carboxylic acid groups (broad SMARTS) is 1. The number of alkyl halides is 3. The lowest BCUT2D eigenvalue weighted by atomic mass is 10.1. The molecule has 2 aromatic carbocycles. The van der Waals surface area contributed by atoms with Crippen LogP contribution in [0.3, 0.4) is 0 Å². The third-order valence-electron chi connectivity index (χ3n) is 4.89. The summed E-state index contributed by atoms with van der Waals surface area (Å²) < 4.78 is 76.0. The van der Waals surface area contributed by atoms with Crippen molar-refractivity contribution in [2.75, 3.05) is 0 Å². The first-order valence-corrected chi connectivity index (χ1v) is 11.0. The number of sulfonamides is 1. The van der Waals surface area contributed by atoms with Crippen LogP contribution >= 0.6 is 0 Å². The van der Waals surface area contributed by atoms with Crippen molar-refractivity contribution in [3.05, 3.63) is 42.3 Å². The molecule has 0 saturated heterocycles. The van der Waals surface area contributed by atoms with Gasteiger partial charge in [0.2, 0.25) is 15.8 Å². The number of rotatable bonds is 6. The number of nitrogens with zero attached hydrogens (tertiary/aromatic N) is 2. The summed E-state index contributed by atoms with van der Waals surface area (Å²) in [6.07, 6.45) is -4.79. The predicted octanol–water partition coefficient (Wildman–Crippen LogP) is 4.04. The van der Waals surface area contributed by atoms with E-state index in [1.54, 1.807) is 13.8 Å². The van der Waals surface area contributed by atoms with E-state index in [1.807, 2.05) is 0 Å². The topological polar surface area (TPSA) is 136 Å². The van der Waals surface area contributed by atoms with Gasteiger partial charge in [-0.15, -0.1) is 0 Å². The number of nitrogens with one attached hydrogen (secondary N) is 1. The first kappa shape index (κ1) is 22.7. The smallest absolute Gasteiger partial charge is 0.471 e. The second-order valence-electron chi connectivity index (χ2n) is 7.57. The standard InChI is InChI=1S/C20H16F3N3O6S/c1-9(2)16(18(27)28)26-33(29,30)11-4-6-15-13(8-11)12-7-10(3-5-14(12)31-15)17-24-19(32-25-17)20(21,22)23/h3-9,16,26H,1-2H3,(H,27,28)/t16-/m1/s1. The zero-order chi connectivity index (χ0) is 24.1. The molecule has 9 nitrogen and oxygen atoms in total. The van der Waals surface area contributed by atoms with E-state index in [1.165, 1.54) is 36.4 Å². The molecule has 4 rings (SSSR count). The Kier molecular flexibility index (Phi) is 5.41. The maximum absolute atomic E-state index is 12.8. The number of carbonyl (C=O) groups is 1.